The van der Waals surface area contributed by atoms with Gasteiger partial charge in [-0.25, -0.2) is 0 Å². The summed E-state index contributed by atoms with van der Waals surface area (Å²) in [5, 5.41) is 10.0. The van der Waals surface area contributed by atoms with Gasteiger partial charge in [-0.1, -0.05) is 6.07 Å². The van der Waals surface area contributed by atoms with Gasteiger partial charge >= 0.3 is 0 Å². The Bertz CT molecular complexity index is 713. The molecule has 4 rings (SSSR count). The molecule has 0 bridgehead atoms. The number of rotatable bonds is 2. The average molecular weight is 315 g/mol. The summed E-state index contributed by atoms with van der Waals surface area (Å²) in [6.45, 7) is 5.23. The molecule has 1 aromatic carbocycles. The lowest BCUT2D eigenvalue weighted by molar-refractivity contribution is -0.0283. The van der Waals surface area contributed by atoms with Crippen LogP contribution in [0.25, 0.3) is 11.1 Å². The first-order valence-electron chi connectivity index (χ1n) is 8.55. The standard InChI is InChI=1S/C18H25N3O2/c1-13-4-5-15-14(10-13)19-17(23-15)21-9-7-18(12-22)6-3-8-20(2)16(18)11-21/h4-5,10,16,22H,3,6-9,11-12H2,1-2H3/t16-,18-/m1/s1. The van der Waals surface area contributed by atoms with E-state index in [4.69, 9.17) is 4.42 Å². The molecule has 0 aliphatic carbocycles. The number of likely N-dealkylation sites (N-methyl/N-ethyl adjacent to an activating group) is 1. The Balaban J connectivity index is 1.62. The molecule has 2 atom stereocenters. The highest BCUT2D eigenvalue weighted by atomic mass is 16.4. The highest BCUT2D eigenvalue weighted by molar-refractivity contribution is 5.75. The van der Waals surface area contributed by atoms with E-state index in [2.05, 4.69) is 40.9 Å². The number of piperidine rings is 2. The number of aliphatic hydroxyl groups is 1. The van der Waals surface area contributed by atoms with Crippen LogP contribution in [0.3, 0.4) is 0 Å². The van der Waals surface area contributed by atoms with Crippen LogP contribution in [0.15, 0.2) is 22.6 Å². The first-order valence-corrected chi connectivity index (χ1v) is 8.55. The van der Waals surface area contributed by atoms with Crippen molar-refractivity contribution in [1.82, 2.24) is 9.88 Å². The van der Waals surface area contributed by atoms with E-state index in [1.54, 1.807) is 0 Å². The Hall–Kier alpha value is -1.59. The van der Waals surface area contributed by atoms with Crippen LogP contribution in [-0.4, -0.2) is 54.3 Å². The molecular weight excluding hydrogens is 290 g/mol. The van der Waals surface area contributed by atoms with Gasteiger partial charge in [-0.05, 0) is 57.5 Å². The van der Waals surface area contributed by atoms with Gasteiger partial charge in [-0.3, -0.25) is 0 Å². The van der Waals surface area contributed by atoms with Gasteiger partial charge in [0.05, 0.1) is 6.61 Å². The van der Waals surface area contributed by atoms with Gasteiger partial charge in [0.15, 0.2) is 5.58 Å². The van der Waals surface area contributed by atoms with E-state index in [1.165, 1.54) is 12.0 Å². The number of benzene rings is 1. The molecule has 2 aromatic rings. The fourth-order valence-corrected chi connectivity index (χ4v) is 4.35. The van der Waals surface area contributed by atoms with Crippen LogP contribution in [0.4, 0.5) is 6.01 Å². The summed E-state index contributed by atoms with van der Waals surface area (Å²) in [5.74, 6) is 0. The third-order valence-electron chi connectivity index (χ3n) is 5.81. The molecule has 2 fully saturated rings. The fourth-order valence-electron chi connectivity index (χ4n) is 4.35. The Morgan fingerprint density at radius 3 is 3.04 bits per heavy atom. The average Bonchev–Trinajstić information content (AvgIpc) is 2.98. The predicted molar refractivity (Wildman–Crippen MR) is 90.7 cm³/mol. The van der Waals surface area contributed by atoms with Crippen molar-refractivity contribution in [3.63, 3.8) is 0 Å². The van der Waals surface area contributed by atoms with Gasteiger partial charge in [-0.2, -0.15) is 4.98 Å². The lowest BCUT2D eigenvalue weighted by Crippen LogP contribution is -2.61. The molecule has 2 saturated heterocycles. The van der Waals surface area contributed by atoms with E-state index >= 15 is 0 Å². The molecule has 2 aliphatic heterocycles. The SMILES string of the molecule is Cc1ccc2oc(N3CC[C@@]4(CO)CCCN(C)[C@@H]4C3)nc2c1. The molecule has 124 valence electrons. The number of aromatic nitrogens is 1. The smallest absolute Gasteiger partial charge is 0.298 e. The maximum atomic E-state index is 10.0. The minimum atomic E-state index is 0.0477. The van der Waals surface area contributed by atoms with Crippen molar-refractivity contribution in [1.29, 1.82) is 0 Å². The van der Waals surface area contributed by atoms with Crippen LogP contribution >= 0.6 is 0 Å². The van der Waals surface area contributed by atoms with Crippen molar-refractivity contribution < 1.29 is 9.52 Å². The highest BCUT2D eigenvalue weighted by Crippen LogP contribution is 2.42. The summed E-state index contributed by atoms with van der Waals surface area (Å²) >= 11 is 0. The zero-order valence-corrected chi connectivity index (χ0v) is 14.0. The van der Waals surface area contributed by atoms with E-state index in [1.807, 2.05) is 6.07 Å². The van der Waals surface area contributed by atoms with Gasteiger partial charge in [-0.15, -0.1) is 0 Å². The molecule has 23 heavy (non-hydrogen) atoms. The molecule has 0 spiro atoms. The van der Waals surface area contributed by atoms with Crippen molar-refractivity contribution in [3.8, 4) is 0 Å². The predicted octanol–water partition coefficient (Wildman–Crippen LogP) is 2.42. The number of fused-ring (bicyclic) bond motifs is 2. The Labute approximate surface area is 136 Å². The van der Waals surface area contributed by atoms with E-state index in [-0.39, 0.29) is 12.0 Å². The van der Waals surface area contributed by atoms with Gasteiger partial charge in [0, 0.05) is 24.5 Å². The van der Waals surface area contributed by atoms with Crippen molar-refractivity contribution in [2.24, 2.45) is 5.41 Å². The second-order valence-electron chi connectivity index (χ2n) is 7.28. The maximum absolute atomic E-state index is 10.0. The number of hydrogen-bond acceptors (Lipinski definition) is 5. The van der Waals surface area contributed by atoms with E-state index < -0.39 is 0 Å². The summed E-state index contributed by atoms with van der Waals surface area (Å²) < 4.78 is 5.98. The number of anilines is 1. The van der Waals surface area contributed by atoms with Gasteiger partial charge in [0.2, 0.25) is 0 Å². The van der Waals surface area contributed by atoms with Crippen molar-refractivity contribution >= 4 is 17.1 Å². The van der Waals surface area contributed by atoms with Crippen LogP contribution in [0.2, 0.25) is 0 Å². The summed E-state index contributed by atoms with van der Waals surface area (Å²) in [5.41, 5.74) is 3.02. The van der Waals surface area contributed by atoms with Gasteiger partial charge in [0.1, 0.15) is 5.52 Å². The van der Waals surface area contributed by atoms with Crippen LogP contribution in [0, 0.1) is 12.3 Å². The number of hydrogen-bond donors (Lipinski definition) is 1. The normalized spacial score (nSPS) is 29.0. The summed E-state index contributed by atoms with van der Waals surface area (Å²) in [4.78, 5) is 9.33. The zero-order valence-electron chi connectivity index (χ0n) is 14.0. The highest BCUT2D eigenvalue weighted by Gasteiger charge is 2.47. The number of nitrogens with zero attached hydrogens (tertiary/aromatic N) is 3. The van der Waals surface area contributed by atoms with Crippen LogP contribution in [0.5, 0.6) is 0 Å². The molecule has 1 N–H and O–H groups in total. The topological polar surface area (TPSA) is 52.7 Å². The Kier molecular flexibility index (Phi) is 3.58. The molecule has 0 amide bonds. The molecule has 0 saturated carbocycles. The number of aliphatic hydroxyl groups excluding tert-OH is 1. The number of aryl methyl sites for hydroxylation is 1. The monoisotopic (exact) mass is 315 g/mol. The summed E-state index contributed by atoms with van der Waals surface area (Å²) in [7, 11) is 2.17. The van der Waals surface area contributed by atoms with Crippen LogP contribution in [0.1, 0.15) is 24.8 Å². The fraction of sp³-hybridized carbons (Fsp3) is 0.611. The molecule has 1 aromatic heterocycles. The van der Waals surface area contributed by atoms with Crippen LogP contribution < -0.4 is 4.90 Å². The second-order valence-corrected chi connectivity index (χ2v) is 7.28. The zero-order chi connectivity index (χ0) is 16.0. The van der Waals surface area contributed by atoms with Crippen molar-refractivity contribution in [2.45, 2.75) is 32.2 Å². The molecule has 0 unspecified atom stereocenters. The number of likely N-dealkylation sites (tertiary alicyclic amines) is 1. The molecule has 2 aliphatic rings. The quantitative estimate of drug-likeness (QED) is 0.922. The summed E-state index contributed by atoms with van der Waals surface area (Å²) in [6.07, 6.45) is 3.30. The van der Waals surface area contributed by atoms with Gasteiger partial charge in [0.25, 0.3) is 6.01 Å². The maximum Gasteiger partial charge on any atom is 0.298 e. The van der Waals surface area contributed by atoms with E-state index in [9.17, 15) is 5.11 Å². The lowest BCUT2D eigenvalue weighted by Gasteiger charge is -2.53. The minimum Gasteiger partial charge on any atom is -0.423 e. The minimum absolute atomic E-state index is 0.0477. The molecule has 5 heteroatoms. The molecule has 5 nitrogen and oxygen atoms in total. The van der Waals surface area contributed by atoms with Crippen LogP contribution in [-0.2, 0) is 0 Å². The van der Waals surface area contributed by atoms with E-state index in [0.29, 0.717) is 6.04 Å². The first kappa shape index (κ1) is 15.0. The molecule has 0 radical (unpaired) electrons. The van der Waals surface area contributed by atoms with Crippen molar-refractivity contribution in [3.05, 3.63) is 23.8 Å². The molecule has 3 heterocycles. The first-order chi connectivity index (χ1) is 11.1. The van der Waals surface area contributed by atoms with Gasteiger partial charge < -0.3 is 19.3 Å². The number of oxazole rings is 1. The lowest BCUT2D eigenvalue weighted by atomic mass is 9.69. The third kappa shape index (κ3) is 2.42. The van der Waals surface area contributed by atoms with Crippen molar-refractivity contribution in [2.75, 3.05) is 38.2 Å². The van der Waals surface area contributed by atoms with E-state index in [0.717, 1.165) is 49.6 Å². The Morgan fingerprint density at radius 1 is 1.35 bits per heavy atom. The second kappa shape index (κ2) is 5.49. The summed E-state index contributed by atoms with van der Waals surface area (Å²) in [6, 6.07) is 7.20. The third-order valence-corrected chi connectivity index (χ3v) is 5.81. The Morgan fingerprint density at radius 2 is 2.22 bits per heavy atom. The molecular formula is C18H25N3O2. The largest absolute Gasteiger partial charge is 0.423 e.